The van der Waals surface area contributed by atoms with E-state index in [9.17, 15) is 15.2 Å². The maximum atomic E-state index is 10.4. The van der Waals surface area contributed by atoms with Gasteiger partial charge >= 0.3 is 0 Å². The Labute approximate surface area is 94.2 Å². The van der Waals surface area contributed by atoms with Crippen LogP contribution in [0.2, 0.25) is 0 Å². The van der Waals surface area contributed by atoms with Gasteiger partial charge in [0.25, 0.3) is 5.69 Å². The van der Waals surface area contributed by atoms with Gasteiger partial charge in [0.1, 0.15) is 10.9 Å². The number of benzene rings is 1. The molecule has 0 aromatic heterocycles. The van der Waals surface area contributed by atoms with Crippen LogP contribution in [0.4, 0.5) is 5.69 Å². The van der Waals surface area contributed by atoms with Crippen LogP contribution in [0.5, 0.6) is 0 Å². The van der Waals surface area contributed by atoms with E-state index in [0.717, 1.165) is 0 Å². The first kappa shape index (κ1) is 11.6. The minimum atomic E-state index is -0.990. The largest absolute Gasteiger partial charge is 0.386 e. The van der Waals surface area contributed by atoms with Crippen LogP contribution in [0.15, 0.2) is 24.3 Å². The highest BCUT2D eigenvalue weighted by Gasteiger charge is 2.18. The van der Waals surface area contributed by atoms with Crippen molar-refractivity contribution in [2.24, 2.45) is 0 Å². The van der Waals surface area contributed by atoms with E-state index in [2.05, 4.69) is 15.9 Å². The number of aliphatic hydroxyl groups excluding tert-OH is 1. The highest BCUT2D eigenvalue weighted by Crippen LogP contribution is 2.23. The summed E-state index contributed by atoms with van der Waals surface area (Å²) in [5.74, 6) is 0. The van der Waals surface area contributed by atoms with Crippen molar-refractivity contribution in [1.29, 1.82) is 5.26 Å². The van der Waals surface area contributed by atoms with E-state index in [-0.39, 0.29) is 5.69 Å². The van der Waals surface area contributed by atoms with Gasteiger partial charge in [-0.2, -0.15) is 5.26 Å². The quantitative estimate of drug-likeness (QED) is 0.516. The smallest absolute Gasteiger partial charge is 0.269 e. The van der Waals surface area contributed by atoms with Crippen molar-refractivity contribution >= 4 is 21.6 Å². The molecule has 0 aliphatic heterocycles. The van der Waals surface area contributed by atoms with Crippen molar-refractivity contribution in [2.75, 3.05) is 0 Å². The Kier molecular flexibility index (Phi) is 3.77. The Bertz CT molecular complexity index is 399. The van der Waals surface area contributed by atoms with Crippen molar-refractivity contribution in [1.82, 2.24) is 0 Å². The van der Waals surface area contributed by atoms with Crippen LogP contribution in [-0.4, -0.2) is 14.9 Å². The minimum absolute atomic E-state index is 0.0472. The molecule has 0 aliphatic rings. The Morgan fingerprint density at radius 1 is 1.47 bits per heavy atom. The van der Waals surface area contributed by atoms with Gasteiger partial charge in [0.2, 0.25) is 0 Å². The molecule has 0 amide bonds. The maximum absolute atomic E-state index is 10.4. The zero-order valence-corrected chi connectivity index (χ0v) is 9.09. The van der Waals surface area contributed by atoms with Gasteiger partial charge in [-0.25, -0.2) is 0 Å². The van der Waals surface area contributed by atoms with Crippen LogP contribution in [0.3, 0.4) is 0 Å². The van der Waals surface area contributed by atoms with Crippen molar-refractivity contribution in [2.45, 2.75) is 10.9 Å². The van der Waals surface area contributed by atoms with Gasteiger partial charge in [-0.15, -0.1) is 0 Å². The SMILES string of the molecule is N#CC(Br)C(O)c1ccc([N+](=O)[O-])cc1. The number of aliphatic hydroxyl groups is 1. The lowest BCUT2D eigenvalue weighted by atomic mass is 10.1. The average Bonchev–Trinajstić information content (AvgIpc) is 2.27. The molecule has 78 valence electrons. The monoisotopic (exact) mass is 270 g/mol. The predicted molar refractivity (Wildman–Crippen MR) is 56.4 cm³/mol. The number of hydrogen-bond donors (Lipinski definition) is 1. The van der Waals surface area contributed by atoms with Crippen LogP contribution >= 0.6 is 15.9 Å². The first-order chi connectivity index (χ1) is 7.06. The van der Waals surface area contributed by atoms with Crippen molar-refractivity contribution in [3.63, 3.8) is 0 Å². The Morgan fingerprint density at radius 3 is 2.40 bits per heavy atom. The van der Waals surface area contributed by atoms with Crippen molar-refractivity contribution < 1.29 is 10.0 Å². The molecule has 0 bridgehead atoms. The third-order valence-corrected chi connectivity index (χ3v) is 2.55. The summed E-state index contributed by atoms with van der Waals surface area (Å²) >= 11 is 2.98. The molecule has 1 N–H and O–H groups in total. The molecule has 2 atom stereocenters. The minimum Gasteiger partial charge on any atom is -0.386 e. The number of halogens is 1. The van der Waals surface area contributed by atoms with Gasteiger partial charge in [0.05, 0.1) is 11.0 Å². The third-order valence-electron chi connectivity index (χ3n) is 1.85. The second kappa shape index (κ2) is 4.87. The fraction of sp³-hybridized carbons (Fsp3) is 0.222. The number of hydrogen-bond acceptors (Lipinski definition) is 4. The molecule has 0 aliphatic carbocycles. The Hall–Kier alpha value is -1.45. The van der Waals surface area contributed by atoms with E-state index in [0.29, 0.717) is 5.56 Å². The van der Waals surface area contributed by atoms with Crippen molar-refractivity contribution in [3.05, 3.63) is 39.9 Å². The normalized spacial score (nSPS) is 13.9. The summed E-state index contributed by atoms with van der Waals surface area (Å²) in [5.41, 5.74) is 0.415. The predicted octanol–water partition coefficient (Wildman–Crippen LogP) is 1.92. The van der Waals surface area contributed by atoms with Gasteiger partial charge in [-0.05, 0) is 17.7 Å². The molecule has 2 unspecified atom stereocenters. The zero-order valence-electron chi connectivity index (χ0n) is 7.50. The van der Waals surface area contributed by atoms with Gasteiger partial charge in [-0.1, -0.05) is 15.9 Å². The molecule has 0 heterocycles. The molecule has 0 saturated carbocycles. The van der Waals surface area contributed by atoms with E-state index >= 15 is 0 Å². The standard InChI is InChI=1S/C9H7BrN2O3/c10-8(5-11)9(13)6-1-3-7(4-2-6)12(14)15/h1-4,8-9,13H. The van der Waals surface area contributed by atoms with Crippen LogP contribution in [0.25, 0.3) is 0 Å². The molecule has 0 fully saturated rings. The molecule has 15 heavy (non-hydrogen) atoms. The molecule has 0 saturated heterocycles. The first-order valence-corrected chi connectivity index (χ1v) is 4.94. The summed E-state index contributed by atoms with van der Waals surface area (Å²) in [7, 11) is 0. The molecule has 0 radical (unpaired) electrons. The number of nitriles is 1. The molecule has 6 heteroatoms. The molecular formula is C9H7BrN2O3. The average molecular weight is 271 g/mol. The van der Waals surface area contributed by atoms with Gasteiger partial charge in [0, 0.05) is 12.1 Å². The summed E-state index contributed by atoms with van der Waals surface area (Å²) < 4.78 is 0. The van der Waals surface area contributed by atoms with E-state index in [1.54, 1.807) is 0 Å². The maximum Gasteiger partial charge on any atom is 0.269 e. The first-order valence-electron chi connectivity index (χ1n) is 4.02. The van der Waals surface area contributed by atoms with Crippen LogP contribution < -0.4 is 0 Å². The topological polar surface area (TPSA) is 87.2 Å². The molecule has 5 nitrogen and oxygen atoms in total. The van der Waals surface area contributed by atoms with Crippen LogP contribution in [-0.2, 0) is 0 Å². The summed E-state index contributed by atoms with van der Waals surface area (Å²) in [5, 5.41) is 28.5. The van der Waals surface area contributed by atoms with E-state index < -0.39 is 15.9 Å². The number of nitro groups is 1. The zero-order chi connectivity index (χ0) is 11.4. The fourth-order valence-corrected chi connectivity index (χ4v) is 1.34. The number of non-ortho nitro benzene ring substituents is 1. The van der Waals surface area contributed by atoms with Gasteiger partial charge < -0.3 is 5.11 Å². The molecule has 1 rings (SSSR count). The van der Waals surface area contributed by atoms with Crippen LogP contribution in [0, 0.1) is 21.4 Å². The van der Waals surface area contributed by atoms with Gasteiger partial charge in [0.15, 0.2) is 0 Å². The third kappa shape index (κ3) is 2.75. The van der Waals surface area contributed by atoms with Gasteiger partial charge in [-0.3, -0.25) is 10.1 Å². The highest BCUT2D eigenvalue weighted by molar-refractivity contribution is 9.09. The summed E-state index contributed by atoms with van der Waals surface area (Å²) in [6.45, 7) is 0. The fourth-order valence-electron chi connectivity index (χ4n) is 1.03. The molecular weight excluding hydrogens is 264 g/mol. The van der Waals surface area contributed by atoms with E-state index in [1.807, 2.05) is 6.07 Å². The lowest BCUT2D eigenvalue weighted by molar-refractivity contribution is -0.384. The number of alkyl halides is 1. The summed E-state index contributed by atoms with van der Waals surface area (Å²) in [4.78, 5) is 9.11. The number of rotatable bonds is 3. The lowest BCUT2D eigenvalue weighted by Gasteiger charge is -2.10. The number of nitrogens with zero attached hydrogens (tertiary/aromatic N) is 2. The molecule has 1 aromatic carbocycles. The van der Waals surface area contributed by atoms with E-state index in [1.165, 1.54) is 24.3 Å². The lowest BCUT2D eigenvalue weighted by Crippen LogP contribution is -2.09. The highest BCUT2D eigenvalue weighted by atomic mass is 79.9. The summed E-state index contributed by atoms with van der Waals surface area (Å²) in [6.07, 6.45) is -0.990. The second-order valence-corrected chi connectivity index (χ2v) is 3.81. The molecule has 1 aromatic rings. The Balaban J connectivity index is 2.90. The summed E-state index contributed by atoms with van der Waals surface area (Å²) in [6, 6.07) is 7.26. The number of nitro benzene ring substituents is 1. The van der Waals surface area contributed by atoms with Crippen molar-refractivity contribution in [3.8, 4) is 6.07 Å². The van der Waals surface area contributed by atoms with Crippen LogP contribution in [0.1, 0.15) is 11.7 Å². The Morgan fingerprint density at radius 2 is 2.00 bits per heavy atom. The van der Waals surface area contributed by atoms with E-state index in [4.69, 9.17) is 5.26 Å². The second-order valence-electron chi connectivity index (χ2n) is 2.82. The molecule has 0 spiro atoms.